The number of anilines is 2. The first-order chi connectivity index (χ1) is 55.2. The molecule has 0 unspecified atom stereocenters. The van der Waals surface area contributed by atoms with Crippen molar-refractivity contribution in [3.05, 3.63) is 221 Å². The lowest BCUT2D eigenvalue weighted by Crippen LogP contribution is -2.64. The molecule has 28 heteroatoms. The molecule has 15 rings (SSSR count). The van der Waals surface area contributed by atoms with Gasteiger partial charge in [0.05, 0.1) is 47.4 Å². The second-order valence-electron chi connectivity index (χ2n) is 30.4. The molecule has 8 aromatic heterocycles. The van der Waals surface area contributed by atoms with Crippen molar-refractivity contribution in [1.29, 1.82) is 0 Å². The summed E-state index contributed by atoms with van der Waals surface area (Å²) in [6.07, 6.45) is 12.2. The van der Waals surface area contributed by atoms with Gasteiger partial charge in [0.1, 0.15) is 50.6 Å². The molecule has 0 radical (unpaired) electrons. The quantitative estimate of drug-likeness (QED) is 0.0714. The van der Waals surface area contributed by atoms with Crippen LogP contribution in [0.15, 0.2) is 178 Å². The van der Waals surface area contributed by atoms with Gasteiger partial charge in [-0.2, -0.15) is 10.2 Å². The number of pyridine rings is 3. The third kappa shape index (κ3) is 18.0. The highest BCUT2D eigenvalue weighted by Crippen LogP contribution is 2.41. The molecular formula is C88H95F3I3N13O9. The number of hydrogen-bond acceptors (Lipinski definition) is 14. The number of piperazine rings is 3. The summed E-state index contributed by atoms with van der Waals surface area (Å²) in [5.74, 6) is -1.50. The standard InChI is InChI=1S/C35H36FN5O3.C28H30FN5O3.C25H28FN3O3.I2.HI/c1-5-24(6-2)28-18-29(25-12-14-26(36)15-13-25)38-30-19-31(44-32(28)30)33(42)41-17-16-40(34(43)35(41,3)4)27-20-37-39(22-27)21-23-10-8-7-9-11-23;1-5-17(6-2)21-13-22(18-7-9-19(29)10-8-18)32-23-14-24(37-25(21)23)26(35)34-12-11-33(20-15-30-31-16-20)27(36)28(34,3)4;1-5-15(6-2)18-13-19(16-7-9-17(26)10-8-16)28-20-14-21(32-22(18)20)23(30)29-12-11-27-24(31)25(29,3)4;1-2;/h7-15,18-20,22,24H,5-6,16-17,21H2,1-4H3;7-10,13-17H,5-6,11-12H2,1-4H3,(H,30,31);7-10,13-15H,5-6,11-12H2,1-4H3,(H,27,31);;1H. The van der Waals surface area contributed by atoms with Crippen molar-refractivity contribution >= 4 is 141 Å². The molecule has 0 aliphatic carbocycles. The third-order valence-electron chi connectivity index (χ3n) is 22.3. The lowest BCUT2D eigenvalue weighted by atomic mass is 9.92. The average Bonchev–Trinajstić information content (AvgIpc) is 1.60. The van der Waals surface area contributed by atoms with Crippen LogP contribution in [0.25, 0.3) is 67.1 Å². The molecule has 116 heavy (non-hydrogen) atoms. The number of H-pyrrole nitrogens is 1. The number of benzene rings is 4. The molecule has 12 aromatic rings. The molecule has 2 N–H and O–H groups in total. The maximum Gasteiger partial charge on any atom is 0.290 e. The van der Waals surface area contributed by atoms with Gasteiger partial charge in [0.15, 0.2) is 34.0 Å². The Kier molecular flexibility index (Phi) is 27.9. The summed E-state index contributed by atoms with van der Waals surface area (Å²) in [6.45, 7) is 25.9. The van der Waals surface area contributed by atoms with Gasteiger partial charge in [-0.25, -0.2) is 28.1 Å². The van der Waals surface area contributed by atoms with Crippen LogP contribution < -0.4 is 15.1 Å². The molecule has 22 nitrogen and oxygen atoms in total. The topological polar surface area (TPSA) is 255 Å². The summed E-state index contributed by atoms with van der Waals surface area (Å²) >= 11 is 4.24. The maximum absolute atomic E-state index is 14.0. The van der Waals surface area contributed by atoms with Gasteiger partial charge in [0, 0.05) is 140 Å². The van der Waals surface area contributed by atoms with Crippen LogP contribution in [0.4, 0.5) is 24.5 Å². The minimum atomic E-state index is -1.12. The Morgan fingerprint density at radius 2 is 0.836 bits per heavy atom. The Bertz CT molecular complexity index is 5490. The SMILES string of the molecule is CCC(CC)c1cc(-c2ccc(F)cc2)nc2cc(C(=O)N3CCN(c4cn[nH]c4)C(=O)C3(C)C)oc12.CCC(CC)c1cc(-c2ccc(F)cc2)nc2cc(C(=O)N3CCN(c4cnn(Cc5ccccc5)c4)C(=O)C3(C)C)oc12.CCC(CC)c1cc(-c2ccc(F)cc2)nc2cc(C(=O)N3CCNC(=O)C3(C)C)oc12.I.II. The van der Waals surface area contributed by atoms with Crippen LogP contribution in [0.2, 0.25) is 0 Å². The van der Waals surface area contributed by atoms with E-state index in [4.69, 9.17) is 28.2 Å². The first kappa shape index (κ1) is 87.0. The van der Waals surface area contributed by atoms with E-state index < -0.39 is 16.6 Å². The minimum Gasteiger partial charge on any atom is -0.449 e. The second kappa shape index (κ2) is 37.2. The number of rotatable bonds is 19. The molecule has 3 fully saturated rings. The van der Waals surface area contributed by atoms with Crippen molar-refractivity contribution in [2.45, 2.75) is 163 Å². The van der Waals surface area contributed by atoms with Crippen molar-refractivity contribution in [2.24, 2.45) is 0 Å². The molecule has 608 valence electrons. The Morgan fingerprint density at radius 1 is 0.474 bits per heavy atom. The second-order valence-corrected chi connectivity index (χ2v) is 30.4. The predicted molar refractivity (Wildman–Crippen MR) is 471 cm³/mol. The van der Waals surface area contributed by atoms with Gasteiger partial charge in [-0.3, -0.25) is 38.5 Å². The lowest BCUT2D eigenvalue weighted by molar-refractivity contribution is -0.133. The lowest BCUT2D eigenvalue weighted by Gasteiger charge is -2.45. The molecule has 0 spiro atoms. The zero-order valence-corrected chi connectivity index (χ0v) is 73.5. The van der Waals surface area contributed by atoms with Crippen LogP contribution in [-0.4, -0.2) is 141 Å². The highest BCUT2D eigenvalue weighted by Gasteiger charge is 2.48. The molecule has 3 saturated heterocycles. The van der Waals surface area contributed by atoms with Crippen LogP contribution in [-0.2, 0) is 20.9 Å². The van der Waals surface area contributed by atoms with E-state index in [9.17, 15) is 41.9 Å². The van der Waals surface area contributed by atoms with Gasteiger partial charge in [0.2, 0.25) is 5.91 Å². The smallest absolute Gasteiger partial charge is 0.290 e. The number of aromatic nitrogens is 7. The highest BCUT2D eigenvalue weighted by molar-refractivity contribution is 15.0. The fraction of sp³-hybridized carbons (Fsp3) is 0.352. The molecule has 0 saturated carbocycles. The van der Waals surface area contributed by atoms with E-state index in [0.29, 0.717) is 108 Å². The number of hydrogen-bond donors (Lipinski definition) is 2. The van der Waals surface area contributed by atoms with Crippen LogP contribution in [0.1, 0.15) is 193 Å². The Hall–Kier alpha value is -9.83. The van der Waals surface area contributed by atoms with E-state index in [2.05, 4.69) is 99.4 Å². The summed E-state index contributed by atoms with van der Waals surface area (Å²) in [5.41, 5.74) is 10.1. The van der Waals surface area contributed by atoms with Crippen molar-refractivity contribution < 1.29 is 55.2 Å². The Morgan fingerprint density at radius 3 is 1.19 bits per heavy atom. The molecule has 4 aromatic carbocycles. The van der Waals surface area contributed by atoms with E-state index >= 15 is 0 Å². The summed E-state index contributed by atoms with van der Waals surface area (Å²) < 4.78 is 60.9. The summed E-state index contributed by atoms with van der Waals surface area (Å²) in [7, 11) is 0. The van der Waals surface area contributed by atoms with Gasteiger partial charge >= 0.3 is 0 Å². The van der Waals surface area contributed by atoms with E-state index in [1.54, 1.807) is 139 Å². The molecule has 0 atom stereocenters. The van der Waals surface area contributed by atoms with Crippen molar-refractivity contribution in [1.82, 2.24) is 54.9 Å². The Labute approximate surface area is 712 Å². The van der Waals surface area contributed by atoms with Crippen molar-refractivity contribution in [3.63, 3.8) is 0 Å². The monoisotopic (exact) mass is 1920 g/mol. The van der Waals surface area contributed by atoms with E-state index in [-0.39, 0.29) is 112 Å². The van der Waals surface area contributed by atoms with E-state index in [1.807, 2.05) is 59.4 Å². The van der Waals surface area contributed by atoms with E-state index in [0.717, 1.165) is 77.5 Å². The van der Waals surface area contributed by atoms with Crippen LogP contribution >= 0.6 is 61.2 Å². The van der Waals surface area contributed by atoms with Gasteiger partial charge in [0.25, 0.3) is 29.5 Å². The average molecular weight is 1920 g/mol. The van der Waals surface area contributed by atoms with Gasteiger partial charge in [-0.15, -0.1) is 24.0 Å². The van der Waals surface area contributed by atoms with E-state index in [1.165, 1.54) is 36.4 Å². The number of carbonyl (C=O) groups excluding carboxylic acids is 6. The molecule has 3 aliphatic heterocycles. The predicted octanol–water partition coefficient (Wildman–Crippen LogP) is 19.9. The van der Waals surface area contributed by atoms with Crippen molar-refractivity contribution in [3.8, 4) is 33.8 Å². The third-order valence-corrected chi connectivity index (χ3v) is 22.3. The zero-order chi connectivity index (χ0) is 82.4. The summed E-state index contributed by atoms with van der Waals surface area (Å²) in [6, 6.07) is 39.5. The number of carbonyl (C=O) groups is 6. The molecule has 6 amide bonds. The zero-order valence-electron chi connectivity index (χ0n) is 66.9. The van der Waals surface area contributed by atoms with Gasteiger partial charge in [-0.1, -0.05) is 71.9 Å². The molecular weight excluding hydrogens is 1820 g/mol. The van der Waals surface area contributed by atoms with Crippen LogP contribution in [0.5, 0.6) is 0 Å². The fourth-order valence-corrected chi connectivity index (χ4v) is 15.5. The summed E-state index contributed by atoms with van der Waals surface area (Å²) in [4.78, 5) is 103. The van der Waals surface area contributed by atoms with Crippen LogP contribution in [0.3, 0.4) is 0 Å². The largest absolute Gasteiger partial charge is 0.449 e. The Balaban J connectivity index is 0.000000171. The maximum atomic E-state index is 14.0. The number of amides is 6. The molecule has 3 aliphatic rings. The highest BCUT2D eigenvalue weighted by atomic mass is 128. The van der Waals surface area contributed by atoms with Crippen molar-refractivity contribution in [2.75, 3.05) is 49.1 Å². The fourth-order valence-electron chi connectivity index (χ4n) is 15.5. The first-order valence-corrected chi connectivity index (χ1v) is 45.2. The van der Waals surface area contributed by atoms with Gasteiger partial charge < -0.3 is 43.1 Å². The number of nitrogens with one attached hydrogen (secondary N) is 2. The number of halogens is 6. The summed E-state index contributed by atoms with van der Waals surface area (Å²) in [5, 5.41) is 13.9. The number of furan rings is 3. The number of fused-ring (bicyclic) bond motifs is 3. The minimum absolute atomic E-state index is 0. The first-order valence-electron chi connectivity index (χ1n) is 38.9. The number of aromatic amines is 1. The van der Waals surface area contributed by atoms with Crippen LogP contribution in [0, 0.1) is 17.5 Å². The molecule has 0 bridgehead atoms. The molecule has 11 heterocycles. The number of nitrogens with zero attached hydrogens (tertiary/aromatic N) is 11. The van der Waals surface area contributed by atoms with Gasteiger partial charge in [-0.05, 0) is 194 Å². The normalized spacial score (nSPS) is 15.1.